The molecule has 3 aromatic rings. The molecular formula is C30H26Cl2N4O3S. The van der Waals surface area contributed by atoms with Gasteiger partial charge in [-0.25, -0.2) is 0 Å². The molecule has 1 atom stereocenters. The van der Waals surface area contributed by atoms with E-state index in [2.05, 4.69) is 22.0 Å². The lowest BCUT2D eigenvalue weighted by atomic mass is 9.82. The van der Waals surface area contributed by atoms with E-state index in [0.29, 0.717) is 49.0 Å². The Balaban J connectivity index is 1.66. The number of halogens is 2. The van der Waals surface area contributed by atoms with E-state index in [1.165, 1.54) is 18.9 Å². The molecule has 0 aromatic heterocycles. The normalized spacial score (nSPS) is 14.8. The van der Waals surface area contributed by atoms with Crippen molar-refractivity contribution in [3.05, 3.63) is 110 Å². The van der Waals surface area contributed by atoms with E-state index in [4.69, 9.17) is 27.9 Å². The molecule has 0 bridgehead atoms. The van der Waals surface area contributed by atoms with Crippen LogP contribution in [0.5, 0.6) is 5.75 Å². The molecule has 1 aliphatic heterocycles. The zero-order valence-corrected chi connectivity index (χ0v) is 24.3. The topological polar surface area (TPSA) is 103 Å². The second-order valence-electron chi connectivity index (χ2n) is 8.88. The van der Waals surface area contributed by atoms with Crippen molar-refractivity contribution in [3.8, 4) is 11.8 Å². The highest BCUT2D eigenvalue weighted by Crippen LogP contribution is 2.43. The SMILES string of the molecule is COc1ccccc1NC(=O)C1=C(C)NC(SCC(=O)Nc2cccc(Cl)c2C)=C(C#N)[C@H]1c1ccccc1Cl. The molecular weight excluding hydrogens is 567 g/mol. The van der Waals surface area contributed by atoms with Gasteiger partial charge in [-0.15, -0.1) is 0 Å². The van der Waals surface area contributed by atoms with Gasteiger partial charge in [0.1, 0.15) is 5.75 Å². The van der Waals surface area contributed by atoms with Crippen LogP contribution in [0.25, 0.3) is 0 Å². The van der Waals surface area contributed by atoms with Crippen molar-refractivity contribution >= 4 is 58.2 Å². The monoisotopic (exact) mass is 592 g/mol. The zero-order chi connectivity index (χ0) is 28.8. The van der Waals surface area contributed by atoms with Crippen molar-refractivity contribution in [1.29, 1.82) is 5.26 Å². The summed E-state index contributed by atoms with van der Waals surface area (Å²) in [7, 11) is 1.52. The maximum absolute atomic E-state index is 13.7. The maximum Gasteiger partial charge on any atom is 0.254 e. The minimum absolute atomic E-state index is 0.0186. The number of nitriles is 1. The number of benzene rings is 3. The van der Waals surface area contributed by atoms with E-state index in [1.54, 1.807) is 73.7 Å². The van der Waals surface area contributed by atoms with Gasteiger partial charge in [-0.3, -0.25) is 9.59 Å². The Morgan fingerprint density at radius 1 is 0.975 bits per heavy atom. The second-order valence-corrected chi connectivity index (χ2v) is 10.7. The molecule has 10 heteroatoms. The third kappa shape index (κ3) is 6.28. The van der Waals surface area contributed by atoms with E-state index in [1.807, 2.05) is 6.92 Å². The molecule has 0 unspecified atom stereocenters. The summed E-state index contributed by atoms with van der Waals surface area (Å²) in [5.74, 6) is -0.927. The summed E-state index contributed by atoms with van der Waals surface area (Å²) in [5, 5.41) is 20.7. The number of allylic oxidation sites excluding steroid dienone is 2. The van der Waals surface area contributed by atoms with Crippen molar-refractivity contribution in [1.82, 2.24) is 5.32 Å². The van der Waals surface area contributed by atoms with Crippen LogP contribution in [0.15, 0.2) is 88.6 Å². The lowest BCUT2D eigenvalue weighted by molar-refractivity contribution is -0.114. The van der Waals surface area contributed by atoms with Crippen molar-refractivity contribution in [2.24, 2.45) is 0 Å². The van der Waals surface area contributed by atoms with Gasteiger partial charge in [0, 0.05) is 27.0 Å². The van der Waals surface area contributed by atoms with Crippen LogP contribution >= 0.6 is 35.0 Å². The molecule has 0 radical (unpaired) electrons. The lowest BCUT2D eigenvalue weighted by Crippen LogP contribution is -2.31. The van der Waals surface area contributed by atoms with Crippen molar-refractivity contribution < 1.29 is 14.3 Å². The fourth-order valence-corrected chi connectivity index (χ4v) is 5.66. The van der Waals surface area contributed by atoms with Gasteiger partial charge in [0.25, 0.3) is 5.91 Å². The number of carbonyl (C=O) groups is 2. The van der Waals surface area contributed by atoms with E-state index in [0.717, 1.165) is 5.56 Å². The summed E-state index contributed by atoms with van der Waals surface area (Å²) in [6.07, 6.45) is 0. The van der Waals surface area contributed by atoms with Gasteiger partial charge in [0.15, 0.2) is 0 Å². The number of rotatable bonds is 8. The minimum Gasteiger partial charge on any atom is -0.495 e. The first-order valence-electron chi connectivity index (χ1n) is 12.2. The number of anilines is 2. The van der Waals surface area contributed by atoms with Gasteiger partial charge >= 0.3 is 0 Å². The summed E-state index contributed by atoms with van der Waals surface area (Å²) in [5.41, 5.74) is 3.61. The van der Waals surface area contributed by atoms with E-state index in [9.17, 15) is 14.9 Å². The van der Waals surface area contributed by atoms with Crippen LogP contribution in [0.3, 0.4) is 0 Å². The summed E-state index contributed by atoms with van der Waals surface area (Å²) < 4.78 is 5.38. The van der Waals surface area contributed by atoms with Gasteiger partial charge in [-0.2, -0.15) is 5.26 Å². The largest absolute Gasteiger partial charge is 0.495 e. The smallest absolute Gasteiger partial charge is 0.254 e. The van der Waals surface area contributed by atoms with Crippen LogP contribution in [0.1, 0.15) is 24.0 Å². The number of dihydropyridines is 1. The highest BCUT2D eigenvalue weighted by molar-refractivity contribution is 8.03. The Morgan fingerprint density at radius 2 is 1.65 bits per heavy atom. The fraction of sp³-hybridized carbons (Fsp3) is 0.167. The molecule has 0 saturated carbocycles. The first kappa shape index (κ1) is 29.1. The Morgan fingerprint density at radius 3 is 2.38 bits per heavy atom. The predicted octanol–water partition coefficient (Wildman–Crippen LogP) is 7.02. The third-order valence-corrected chi connectivity index (χ3v) is 8.12. The Hall–Kier alpha value is -3.90. The Labute approximate surface area is 247 Å². The van der Waals surface area contributed by atoms with Crippen LogP contribution in [-0.4, -0.2) is 24.7 Å². The molecule has 1 aliphatic rings. The van der Waals surface area contributed by atoms with Gasteiger partial charge in [-0.05, 0) is 55.3 Å². The fourth-order valence-electron chi connectivity index (χ4n) is 4.35. The molecule has 204 valence electrons. The van der Waals surface area contributed by atoms with Crippen LogP contribution in [0.4, 0.5) is 11.4 Å². The van der Waals surface area contributed by atoms with Crippen LogP contribution in [-0.2, 0) is 9.59 Å². The Kier molecular flexibility index (Phi) is 9.43. The minimum atomic E-state index is -0.768. The van der Waals surface area contributed by atoms with Gasteiger partial charge in [-0.1, -0.05) is 71.4 Å². The first-order valence-corrected chi connectivity index (χ1v) is 14.0. The third-order valence-electron chi connectivity index (χ3n) is 6.35. The number of nitrogens with one attached hydrogen (secondary N) is 3. The van der Waals surface area contributed by atoms with Crippen molar-refractivity contribution in [2.75, 3.05) is 23.5 Å². The average Bonchev–Trinajstić information content (AvgIpc) is 2.94. The maximum atomic E-state index is 13.7. The number of para-hydroxylation sites is 2. The van der Waals surface area contributed by atoms with Crippen LogP contribution in [0.2, 0.25) is 10.0 Å². The standard InChI is InChI=1S/C30H26Cl2N4O3S/c1-17-21(31)11-8-13-23(17)35-26(37)16-40-30-20(15-33)28(19-9-4-5-10-22(19)32)27(18(2)34-30)29(38)36-24-12-6-7-14-25(24)39-3/h4-14,28,34H,16H2,1-3H3,(H,35,37)(H,36,38)/t28-/m1/s1. The number of amides is 2. The van der Waals surface area contributed by atoms with Crippen LogP contribution in [0, 0.1) is 18.3 Å². The molecule has 0 fully saturated rings. The zero-order valence-electron chi connectivity index (χ0n) is 22.0. The number of thioether (sulfide) groups is 1. The van der Waals surface area contributed by atoms with Crippen LogP contribution < -0.4 is 20.7 Å². The molecule has 3 aromatic carbocycles. The van der Waals surface area contributed by atoms with Crippen molar-refractivity contribution in [2.45, 2.75) is 19.8 Å². The number of methoxy groups -OCH3 is 1. The van der Waals surface area contributed by atoms with Gasteiger partial charge < -0.3 is 20.7 Å². The summed E-state index contributed by atoms with van der Waals surface area (Å²) in [4.78, 5) is 26.5. The molecule has 4 rings (SSSR count). The molecule has 7 nitrogen and oxygen atoms in total. The molecule has 0 aliphatic carbocycles. The van der Waals surface area contributed by atoms with Gasteiger partial charge in [0.05, 0.1) is 41.1 Å². The number of ether oxygens (including phenoxy) is 1. The molecule has 3 N–H and O–H groups in total. The van der Waals surface area contributed by atoms with E-state index >= 15 is 0 Å². The first-order chi connectivity index (χ1) is 19.2. The molecule has 2 amide bonds. The number of nitrogens with zero attached hydrogens (tertiary/aromatic N) is 1. The highest BCUT2D eigenvalue weighted by Gasteiger charge is 2.36. The summed E-state index contributed by atoms with van der Waals surface area (Å²) in [6, 6.07) is 21.7. The average molecular weight is 594 g/mol. The molecule has 40 heavy (non-hydrogen) atoms. The predicted molar refractivity (Wildman–Crippen MR) is 162 cm³/mol. The van der Waals surface area contributed by atoms with Gasteiger partial charge in [0.2, 0.25) is 5.91 Å². The van der Waals surface area contributed by atoms with Crippen molar-refractivity contribution in [3.63, 3.8) is 0 Å². The number of hydrogen-bond donors (Lipinski definition) is 3. The molecule has 0 spiro atoms. The summed E-state index contributed by atoms with van der Waals surface area (Å²) >= 11 is 13.9. The highest BCUT2D eigenvalue weighted by atomic mass is 35.5. The molecule has 0 saturated heterocycles. The Bertz CT molecular complexity index is 1580. The number of hydrogen-bond acceptors (Lipinski definition) is 6. The van der Waals surface area contributed by atoms with E-state index < -0.39 is 11.8 Å². The number of carbonyl (C=O) groups excluding carboxylic acids is 2. The summed E-state index contributed by atoms with van der Waals surface area (Å²) in [6.45, 7) is 3.58. The quantitative estimate of drug-likeness (QED) is 0.260. The van der Waals surface area contributed by atoms with E-state index in [-0.39, 0.29) is 17.2 Å². The lowest BCUT2D eigenvalue weighted by Gasteiger charge is -2.30. The molecule has 1 heterocycles. The second kappa shape index (κ2) is 13.0.